The van der Waals surface area contributed by atoms with Crippen LogP contribution in [0.1, 0.15) is 30.6 Å². The van der Waals surface area contributed by atoms with E-state index in [9.17, 15) is 5.26 Å². The van der Waals surface area contributed by atoms with E-state index >= 15 is 0 Å². The van der Waals surface area contributed by atoms with Gasteiger partial charge in [0.2, 0.25) is 0 Å². The summed E-state index contributed by atoms with van der Waals surface area (Å²) >= 11 is 1.80. The van der Waals surface area contributed by atoms with Crippen molar-refractivity contribution in [3.8, 4) is 6.19 Å². The molecule has 1 aromatic heterocycles. The molecule has 1 aromatic rings. The molecule has 3 aliphatic rings. The van der Waals surface area contributed by atoms with E-state index in [0.29, 0.717) is 12.0 Å². The molecule has 5 heteroatoms. The first kappa shape index (κ1) is 13.8. The summed E-state index contributed by atoms with van der Waals surface area (Å²) in [5, 5.41) is 10.3. The van der Waals surface area contributed by atoms with E-state index in [1.54, 1.807) is 11.3 Å². The number of hydrogen-bond acceptors (Lipinski definition) is 5. The molecule has 1 aliphatic carbocycles. The van der Waals surface area contributed by atoms with Crippen molar-refractivity contribution >= 4 is 22.0 Å². The van der Waals surface area contributed by atoms with E-state index in [4.69, 9.17) is 4.98 Å². The second kappa shape index (κ2) is 5.77. The standard InChI is InChI=1S/C17H20N4S/c18-12-20-10-14-7-4-8-21(15(14)11-20)17-19-9-16(22-17)13-5-2-1-3-6-13/h2,5-6,9,14-15H,1,3-4,7-8,10-11H2. The number of aromatic nitrogens is 1. The van der Waals surface area contributed by atoms with Gasteiger partial charge in [0.1, 0.15) is 0 Å². The van der Waals surface area contributed by atoms with E-state index in [1.807, 2.05) is 11.1 Å². The van der Waals surface area contributed by atoms with Gasteiger partial charge in [-0.05, 0) is 37.2 Å². The Hall–Kier alpha value is -1.80. The number of fused-ring (bicyclic) bond motifs is 1. The summed E-state index contributed by atoms with van der Waals surface area (Å²) in [4.78, 5) is 10.3. The van der Waals surface area contributed by atoms with Crippen LogP contribution in [0, 0.1) is 17.4 Å². The molecule has 0 saturated carbocycles. The van der Waals surface area contributed by atoms with Crippen molar-refractivity contribution < 1.29 is 0 Å². The maximum absolute atomic E-state index is 9.17. The fourth-order valence-electron chi connectivity index (χ4n) is 3.83. The molecule has 22 heavy (non-hydrogen) atoms. The Morgan fingerprint density at radius 2 is 2.27 bits per heavy atom. The van der Waals surface area contributed by atoms with Crippen LogP contribution in [-0.2, 0) is 0 Å². The number of piperidine rings is 1. The Morgan fingerprint density at radius 3 is 3.09 bits per heavy atom. The predicted molar refractivity (Wildman–Crippen MR) is 89.5 cm³/mol. The molecule has 0 amide bonds. The van der Waals surface area contributed by atoms with Crippen LogP contribution < -0.4 is 4.90 Å². The molecule has 2 saturated heterocycles. The molecule has 2 fully saturated rings. The third-order valence-electron chi connectivity index (χ3n) is 4.94. The highest BCUT2D eigenvalue weighted by atomic mass is 32.1. The van der Waals surface area contributed by atoms with Crippen molar-refractivity contribution in [2.75, 3.05) is 24.5 Å². The fraction of sp³-hybridized carbons (Fsp3) is 0.529. The van der Waals surface area contributed by atoms with Crippen LogP contribution in [0.4, 0.5) is 5.13 Å². The summed E-state index contributed by atoms with van der Waals surface area (Å²) in [6.45, 7) is 2.85. The van der Waals surface area contributed by atoms with E-state index in [-0.39, 0.29) is 0 Å². The van der Waals surface area contributed by atoms with Crippen LogP contribution in [-0.4, -0.2) is 35.6 Å². The molecule has 114 valence electrons. The number of thiazole rings is 1. The molecule has 2 atom stereocenters. The third kappa shape index (κ3) is 2.42. The van der Waals surface area contributed by atoms with Crippen molar-refractivity contribution in [2.45, 2.75) is 31.7 Å². The summed E-state index contributed by atoms with van der Waals surface area (Å²) in [7, 11) is 0. The smallest absolute Gasteiger partial charge is 0.186 e. The molecule has 3 heterocycles. The van der Waals surface area contributed by atoms with Crippen LogP contribution in [0.25, 0.3) is 5.57 Å². The first-order chi connectivity index (χ1) is 10.8. The zero-order chi connectivity index (χ0) is 14.9. The van der Waals surface area contributed by atoms with Crippen LogP contribution in [0.3, 0.4) is 0 Å². The first-order valence-corrected chi connectivity index (χ1v) is 8.91. The van der Waals surface area contributed by atoms with Crippen LogP contribution in [0.2, 0.25) is 0 Å². The zero-order valence-electron chi connectivity index (χ0n) is 12.6. The Morgan fingerprint density at radius 1 is 1.32 bits per heavy atom. The second-order valence-electron chi connectivity index (χ2n) is 6.31. The Kier molecular flexibility index (Phi) is 3.63. The second-order valence-corrected chi connectivity index (χ2v) is 7.32. The SMILES string of the molecule is N#CN1CC2CCCN(c3ncc(C4=CCCC=C4)s3)C2C1. The minimum Gasteiger partial charge on any atom is -0.343 e. The lowest BCUT2D eigenvalue weighted by molar-refractivity contribution is 0.380. The Balaban J connectivity index is 1.57. The molecule has 2 aliphatic heterocycles. The maximum Gasteiger partial charge on any atom is 0.186 e. The van der Waals surface area contributed by atoms with E-state index in [0.717, 1.165) is 37.6 Å². The van der Waals surface area contributed by atoms with Crippen molar-refractivity contribution in [1.82, 2.24) is 9.88 Å². The number of anilines is 1. The summed E-state index contributed by atoms with van der Waals surface area (Å²) in [6, 6.07) is 0.461. The minimum absolute atomic E-state index is 0.461. The first-order valence-electron chi connectivity index (χ1n) is 8.09. The zero-order valence-corrected chi connectivity index (χ0v) is 13.4. The van der Waals surface area contributed by atoms with Crippen molar-refractivity contribution in [3.05, 3.63) is 29.3 Å². The molecule has 4 nitrogen and oxygen atoms in total. The van der Waals surface area contributed by atoms with E-state index in [2.05, 4.69) is 29.3 Å². The summed E-state index contributed by atoms with van der Waals surface area (Å²) in [6.07, 6.45) is 15.8. The highest BCUT2D eigenvalue weighted by Gasteiger charge is 2.39. The Labute approximate surface area is 135 Å². The van der Waals surface area contributed by atoms with Gasteiger partial charge < -0.3 is 9.80 Å². The van der Waals surface area contributed by atoms with Crippen molar-refractivity contribution in [3.63, 3.8) is 0 Å². The molecule has 4 rings (SSSR count). The van der Waals surface area contributed by atoms with E-state index in [1.165, 1.54) is 23.3 Å². The molecular weight excluding hydrogens is 292 g/mol. The van der Waals surface area contributed by atoms with Crippen molar-refractivity contribution in [2.24, 2.45) is 5.92 Å². The topological polar surface area (TPSA) is 43.2 Å². The number of allylic oxidation sites excluding steroid dienone is 4. The largest absolute Gasteiger partial charge is 0.343 e. The number of rotatable bonds is 2. The lowest BCUT2D eigenvalue weighted by atomic mass is 9.92. The van der Waals surface area contributed by atoms with Gasteiger partial charge in [0.25, 0.3) is 0 Å². The summed E-state index contributed by atoms with van der Waals surface area (Å²) < 4.78 is 0. The number of nitrogens with zero attached hydrogens (tertiary/aromatic N) is 4. The van der Waals surface area contributed by atoms with Gasteiger partial charge in [-0.2, -0.15) is 5.26 Å². The molecule has 2 unspecified atom stereocenters. The average Bonchev–Trinajstić information content (AvgIpc) is 3.22. The lowest BCUT2D eigenvalue weighted by Gasteiger charge is -2.36. The number of hydrogen-bond donors (Lipinski definition) is 0. The normalized spacial score (nSPS) is 27.5. The third-order valence-corrected chi connectivity index (χ3v) is 6.02. The quantitative estimate of drug-likeness (QED) is 0.786. The van der Waals surface area contributed by atoms with Gasteiger partial charge in [-0.15, -0.1) is 0 Å². The van der Waals surface area contributed by atoms with Gasteiger partial charge >= 0.3 is 0 Å². The van der Waals surface area contributed by atoms with Crippen LogP contribution >= 0.6 is 11.3 Å². The summed E-state index contributed by atoms with van der Waals surface area (Å²) in [5.41, 5.74) is 1.31. The predicted octanol–water partition coefficient (Wildman–Crippen LogP) is 3.26. The van der Waals surface area contributed by atoms with Gasteiger partial charge in [0, 0.05) is 25.8 Å². The maximum atomic E-state index is 9.17. The molecule has 0 aromatic carbocycles. The van der Waals surface area contributed by atoms with Gasteiger partial charge in [0.15, 0.2) is 11.3 Å². The Bertz CT molecular complexity index is 654. The highest BCUT2D eigenvalue weighted by molar-refractivity contribution is 7.16. The van der Waals surface area contributed by atoms with Gasteiger partial charge in [0.05, 0.1) is 10.9 Å². The monoisotopic (exact) mass is 312 g/mol. The number of likely N-dealkylation sites (tertiary alicyclic amines) is 1. The van der Waals surface area contributed by atoms with Gasteiger partial charge in [-0.3, -0.25) is 0 Å². The van der Waals surface area contributed by atoms with Gasteiger partial charge in [-0.1, -0.05) is 29.6 Å². The molecule has 0 N–H and O–H groups in total. The minimum atomic E-state index is 0.461. The molecule has 0 radical (unpaired) electrons. The molecule has 0 bridgehead atoms. The highest BCUT2D eigenvalue weighted by Crippen LogP contribution is 2.37. The van der Waals surface area contributed by atoms with Crippen molar-refractivity contribution in [1.29, 1.82) is 5.26 Å². The summed E-state index contributed by atoms with van der Waals surface area (Å²) in [5.74, 6) is 0.620. The van der Waals surface area contributed by atoms with E-state index < -0.39 is 0 Å². The number of nitriles is 1. The lowest BCUT2D eigenvalue weighted by Crippen LogP contribution is -2.45. The van der Waals surface area contributed by atoms with Crippen LogP contribution in [0.5, 0.6) is 0 Å². The molecule has 0 spiro atoms. The average molecular weight is 312 g/mol. The molecular formula is C17H20N4S. The van der Waals surface area contributed by atoms with Crippen LogP contribution in [0.15, 0.2) is 24.4 Å². The fourth-order valence-corrected chi connectivity index (χ4v) is 4.85. The van der Waals surface area contributed by atoms with Gasteiger partial charge in [-0.25, -0.2) is 4.98 Å².